The van der Waals surface area contributed by atoms with E-state index in [0.29, 0.717) is 10.0 Å². The Balaban J connectivity index is 0.00000338. The Morgan fingerprint density at radius 3 is 2.58 bits per heavy atom. The second-order valence-electron chi connectivity index (χ2n) is 6.03. The van der Waals surface area contributed by atoms with Crippen molar-refractivity contribution in [2.45, 2.75) is 39.8 Å². The molecule has 5 nitrogen and oxygen atoms in total. The number of nitrogens with zero attached hydrogens (tertiary/aromatic N) is 3. The van der Waals surface area contributed by atoms with E-state index in [-0.39, 0.29) is 30.0 Å². The fourth-order valence-corrected chi connectivity index (χ4v) is 3.24. The number of guanidine groups is 1. The summed E-state index contributed by atoms with van der Waals surface area (Å²) >= 11 is 12.2. The molecule has 0 amide bonds. The molecule has 0 spiro atoms. The molecule has 1 aromatic heterocycles. The average molecular weight is 510 g/mol. The van der Waals surface area contributed by atoms with Crippen molar-refractivity contribution in [2.75, 3.05) is 13.6 Å². The number of halogens is 3. The van der Waals surface area contributed by atoms with Crippen LogP contribution in [-0.2, 0) is 6.54 Å². The number of hydrogen-bond acceptors (Lipinski definition) is 2. The van der Waals surface area contributed by atoms with Gasteiger partial charge >= 0.3 is 0 Å². The summed E-state index contributed by atoms with van der Waals surface area (Å²) < 4.78 is 2.03. The molecule has 144 valence electrons. The number of hydrogen-bond donors (Lipinski definition) is 2. The van der Waals surface area contributed by atoms with Gasteiger partial charge in [-0.25, -0.2) is 0 Å². The minimum absolute atomic E-state index is 0. The molecule has 1 heterocycles. The third-order valence-electron chi connectivity index (χ3n) is 3.95. The second kappa shape index (κ2) is 11.0. The van der Waals surface area contributed by atoms with Crippen LogP contribution in [0.5, 0.6) is 0 Å². The van der Waals surface area contributed by atoms with Crippen molar-refractivity contribution in [3.05, 3.63) is 51.3 Å². The largest absolute Gasteiger partial charge is 0.356 e. The lowest BCUT2D eigenvalue weighted by Gasteiger charge is -2.19. The monoisotopic (exact) mass is 509 g/mol. The molecule has 0 aliphatic carbocycles. The predicted octanol–water partition coefficient (Wildman–Crippen LogP) is 4.74. The van der Waals surface area contributed by atoms with Crippen LogP contribution < -0.4 is 10.6 Å². The van der Waals surface area contributed by atoms with Crippen molar-refractivity contribution in [2.24, 2.45) is 4.99 Å². The van der Waals surface area contributed by atoms with Crippen molar-refractivity contribution in [1.82, 2.24) is 20.4 Å². The van der Waals surface area contributed by atoms with E-state index in [0.717, 1.165) is 36.7 Å². The number of aromatic nitrogens is 2. The molecule has 1 aromatic carbocycles. The molecule has 1 unspecified atom stereocenters. The van der Waals surface area contributed by atoms with Gasteiger partial charge in [-0.2, -0.15) is 5.10 Å². The zero-order chi connectivity index (χ0) is 18.4. The first-order chi connectivity index (χ1) is 11.9. The Bertz CT molecular complexity index is 745. The number of rotatable bonds is 6. The summed E-state index contributed by atoms with van der Waals surface area (Å²) in [6.07, 6.45) is 0.957. The van der Waals surface area contributed by atoms with Gasteiger partial charge in [0.1, 0.15) is 0 Å². The maximum Gasteiger partial charge on any atom is 0.191 e. The highest BCUT2D eigenvalue weighted by atomic mass is 127. The predicted molar refractivity (Wildman–Crippen MR) is 121 cm³/mol. The minimum atomic E-state index is 0. The first-order valence-corrected chi connectivity index (χ1v) is 9.09. The van der Waals surface area contributed by atoms with E-state index in [2.05, 4.69) is 33.7 Å². The molecule has 2 aromatic rings. The summed E-state index contributed by atoms with van der Waals surface area (Å²) in [5.74, 6) is 0.742. The van der Waals surface area contributed by atoms with E-state index in [4.69, 9.17) is 23.2 Å². The maximum absolute atomic E-state index is 6.27. The highest BCUT2D eigenvalue weighted by Gasteiger charge is 2.11. The van der Waals surface area contributed by atoms with Crippen molar-refractivity contribution < 1.29 is 0 Å². The number of benzene rings is 1. The van der Waals surface area contributed by atoms with Gasteiger partial charge in [0.05, 0.1) is 11.7 Å². The second-order valence-corrected chi connectivity index (χ2v) is 6.88. The van der Waals surface area contributed by atoms with E-state index in [1.165, 1.54) is 5.69 Å². The standard InChI is InChI=1S/C18H25Cl2N5.HI/c1-12-10-13(2)25(24-12)9-5-8-22-18(21-4)23-14(3)16-7-6-15(19)11-17(16)20;/h6-7,10-11,14H,5,8-9H2,1-4H3,(H2,21,22,23);1H. The Hall–Kier alpha value is -0.990. The SMILES string of the molecule is CN=C(NCCCn1nc(C)cc1C)NC(C)c1ccc(Cl)cc1Cl.I. The summed E-state index contributed by atoms with van der Waals surface area (Å²) in [6, 6.07) is 7.63. The fraction of sp³-hybridized carbons (Fsp3) is 0.444. The molecule has 0 fully saturated rings. The van der Waals surface area contributed by atoms with Crippen LogP contribution in [-0.4, -0.2) is 29.3 Å². The van der Waals surface area contributed by atoms with Crippen molar-refractivity contribution in [1.29, 1.82) is 0 Å². The Kier molecular flexibility index (Phi) is 9.74. The van der Waals surface area contributed by atoms with Gasteiger partial charge in [-0.15, -0.1) is 24.0 Å². The van der Waals surface area contributed by atoms with Crippen LogP contribution in [0.15, 0.2) is 29.3 Å². The Labute approximate surface area is 182 Å². The average Bonchev–Trinajstić information content (AvgIpc) is 2.87. The smallest absolute Gasteiger partial charge is 0.191 e. The molecule has 26 heavy (non-hydrogen) atoms. The van der Waals surface area contributed by atoms with Gasteiger partial charge in [-0.05, 0) is 51.0 Å². The fourth-order valence-electron chi connectivity index (χ4n) is 2.67. The lowest BCUT2D eigenvalue weighted by atomic mass is 10.1. The van der Waals surface area contributed by atoms with Gasteiger partial charge in [-0.3, -0.25) is 9.67 Å². The van der Waals surface area contributed by atoms with Crippen molar-refractivity contribution >= 4 is 53.1 Å². The number of nitrogens with one attached hydrogen (secondary N) is 2. The molecule has 0 bridgehead atoms. The molecule has 0 aliphatic heterocycles. The van der Waals surface area contributed by atoms with Crippen LogP contribution in [0.3, 0.4) is 0 Å². The highest BCUT2D eigenvalue weighted by Crippen LogP contribution is 2.25. The molecule has 0 radical (unpaired) electrons. The lowest BCUT2D eigenvalue weighted by Crippen LogP contribution is -2.39. The molecule has 1 atom stereocenters. The number of aryl methyl sites for hydroxylation is 3. The molecule has 0 aliphatic rings. The normalized spacial score (nSPS) is 12.5. The summed E-state index contributed by atoms with van der Waals surface area (Å²) in [4.78, 5) is 4.27. The molecule has 0 saturated carbocycles. The van der Waals surface area contributed by atoms with E-state index in [1.807, 2.05) is 30.7 Å². The molecular weight excluding hydrogens is 484 g/mol. The first kappa shape index (κ1) is 23.0. The summed E-state index contributed by atoms with van der Waals surface area (Å²) in [6.45, 7) is 7.81. The molecule has 2 rings (SSSR count). The van der Waals surface area contributed by atoms with Gasteiger partial charge in [-0.1, -0.05) is 29.3 Å². The van der Waals surface area contributed by atoms with E-state index in [9.17, 15) is 0 Å². The van der Waals surface area contributed by atoms with Crippen LogP contribution in [0.4, 0.5) is 0 Å². The maximum atomic E-state index is 6.27. The summed E-state index contributed by atoms with van der Waals surface area (Å²) in [7, 11) is 1.76. The summed E-state index contributed by atoms with van der Waals surface area (Å²) in [5, 5.41) is 12.4. The first-order valence-electron chi connectivity index (χ1n) is 8.34. The highest BCUT2D eigenvalue weighted by molar-refractivity contribution is 14.0. The van der Waals surface area contributed by atoms with Gasteiger partial charge in [0.2, 0.25) is 0 Å². The quantitative estimate of drug-likeness (QED) is 0.256. The molecule has 2 N–H and O–H groups in total. The Morgan fingerprint density at radius 1 is 1.27 bits per heavy atom. The van der Waals surface area contributed by atoms with Crippen LogP contribution in [0, 0.1) is 13.8 Å². The van der Waals surface area contributed by atoms with Crippen LogP contribution in [0.2, 0.25) is 10.0 Å². The summed E-state index contributed by atoms with van der Waals surface area (Å²) in [5.41, 5.74) is 3.22. The zero-order valence-corrected chi connectivity index (χ0v) is 19.4. The van der Waals surface area contributed by atoms with E-state index < -0.39 is 0 Å². The number of aliphatic imine (C=N–C) groups is 1. The minimum Gasteiger partial charge on any atom is -0.356 e. The third-order valence-corrected chi connectivity index (χ3v) is 4.51. The van der Waals surface area contributed by atoms with Gasteiger partial charge < -0.3 is 10.6 Å². The molecule has 8 heteroatoms. The van der Waals surface area contributed by atoms with Gasteiger partial charge in [0.15, 0.2) is 5.96 Å². The third kappa shape index (κ3) is 6.63. The topological polar surface area (TPSA) is 54.2 Å². The Morgan fingerprint density at radius 2 is 2.00 bits per heavy atom. The lowest BCUT2D eigenvalue weighted by molar-refractivity contribution is 0.553. The molecular formula is C18H26Cl2IN5. The van der Waals surface area contributed by atoms with Crippen LogP contribution in [0.1, 0.15) is 36.3 Å². The van der Waals surface area contributed by atoms with Crippen LogP contribution >= 0.6 is 47.2 Å². The zero-order valence-electron chi connectivity index (χ0n) is 15.5. The van der Waals surface area contributed by atoms with E-state index in [1.54, 1.807) is 13.1 Å². The van der Waals surface area contributed by atoms with Gasteiger partial charge in [0, 0.05) is 35.9 Å². The molecule has 0 saturated heterocycles. The van der Waals surface area contributed by atoms with Crippen LogP contribution in [0.25, 0.3) is 0 Å². The van der Waals surface area contributed by atoms with Gasteiger partial charge in [0.25, 0.3) is 0 Å². The van der Waals surface area contributed by atoms with E-state index >= 15 is 0 Å². The van der Waals surface area contributed by atoms with Crippen molar-refractivity contribution in [3.8, 4) is 0 Å². The van der Waals surface area contributed by atoms with Crippen molar-refractivity contribution in [3.63, 3.8) is 0 Å².